The molecule has 5 nitrogen and oxygen atoms in total. The lowest BCUT2D eigenvalue weighted by atomic mass is 10.2. The second-order valence-electron chi connectivity index (χ2n) is 4.75. The Labute approximate surface area is 111 Å². The molecule has 0 spiro atoms. The third kappa shape index (κ3) is 2.45. The summed E-state index contributed by atoms with van der Waals surface area (Å²) in [5, 5.41) is 3.88. The molecule has 2 heterocycles. The van der Waals surface area contributed by atoms with E-state index in [1.165, 1.54) is 0 Å². The van der Waals surface area contributed by atoms with Gasteiger partial charge in [-0.1, -0.05) is 0 Å². The van der Waals surface area contributed by atoms with Crippen molar-refractivity contribution < 1.29 is 4.79 Å². The Morgan fingerprint density at radius 3 is 3.05 bits per heavy atom. The first-order valence-electron chi connectivity index (χ1n) is 6.40. The van der Waals surface area contributed by atoms with Gasteiger partial charge in [0.15, 0.2) is 0 Å². The molecule has 1 amide bonds. The quantitative estimate of drug-likeness (QED) is 0.751. The number of aromatic nitrogens is 1. The van der Waals surface area contributed by atoms with Gasteiger partial charge < -0.3 is 16.0 Å². The minimum absolute atomic E-state index is 0.0525. The van der Waals surface area contributed by atoms with Crippen molar-refractivity contribution in [2.45, 2.75) is 6.42 Å². The molecule has 0 bridgehead atoms. The number of benzene rings is 1. The summed E-state index contributed by atoms with van der Waals surface area (Å²) in [5.74, 6) is 0.894. The van der Waals surface area contributed by atoms with Crippen molar-refractivity contribution in [2.75, 3.05) is 30.3 Å². The molecule has 0 atom stereocenters. The Hall–Kier alpha value is -2.30. The number of nitrogens with one attached hydrogen (secondary N) is 1. The van der Waals surface area contributed by atoms with Crippen LogP contribution in [-0.2, 0) is 4.79 Å². The summed E-state index contributed by atoms with van der Waals surface area (Å²) in [7, 11) is 0. The molecule has 0 radical (unpaired) electrons. The molecule has 1 aromatic carbocycles. The number of rotatable bonds is 1. The highest BCUT2D eigenvalue weighted by Gasteiger charge is 2.16. The number of anilines is 2. The van der Waals surface area contributed by atoms with Crippen LogP contribution < -0.4 is 16.0 Å². The monoisotopic (exact) mass is 256 g/mol. The summed E-state index contributed by atoms with van der Waals surface area (Å²) in [4.78, 5) is 18.2. The van der Waals surface area contributed by atoms with Gasteiger partial charge in [0.05, 0.1) is 12.1 Å². The van der Waals surface area contributed by atoms with Crippen molar-refractivity contribution in [3.05, 3.63) is 30.3 Å². The summed E-state index contributed by atoms with van der Waals surface area (Å²) < 4.78 is 0. The van der Waals surface area contributed by atoms with Crippen molar-refractivity contribution in [3.63, 3.8) is 0 Å². The molecule has 1 aliphatic rings. The standard InChI is InChI=1S/C14H16N4O/c15-11-3-4-12-10(8-11)2-5-13(17-12)18-7-1-6-16-14(19)9-18/h2-5,8H,1,6-7,9,15H2,(H,16,19). The fourth-order valence-electron chi connectivity index (χ4n) is 2.31. The molecule has 0 unspecified atom stereocenters. The summed E-state index contributed by atoms with van der Waals surface area (Å²) in [6, 6.07) is 9.60. The van der Waals surface area contributed by atoms with E-state index in [1.807, 2.05) is 35.2 Å². The van der Waals surface area contributed by atoms with Gasteiger partial charge in [-0.25, -0.2) is 4.98 Å². The lowest BCUT2D eigenvalue weighted by molar-refractivity contribution is -0.119. The van der Waals surface area contributed by atoms with Crippen LogP contribution in [0.5, 0.6) is 0 Å². The molecule has 3 rings (SSSR count). The molecule has 5 heteroatoms. The van der Waals surface area contributed by atoms with Gasteiger partial charge in [0.2, 0.25) is 5.91 Å². The Balaban J connectivity index is 1.95. The first-order chi connectivity index (χ1) is 9.22. The molecule has 0 saturated carbocycles. The number of fused-ring (bicyclic) bond motifs is 1. The Kier molecular flexibility index (Phi) is 2.95. The summed E-state index contributed by atoms with van der Waals surface area (Å²) in [6.45, 7) is 1.94. The highest BCUT2D eigenvalue weighted by atomic mass is 16.2. The van der Waals surface area contributed by atoms with Crippen molar-refractivity contribution >= 4 is 28.3 Å². The van der Waals surface area contributed by atoms with Crippen LogP contribution in [0.1, 0.15) is 6.42 Å². The van der Waals surface area contributed by atoms with E-state index in [0.29, 0.717) is 6.54 Å². The molecular formula is C14H16N4O. The minimum atomic E-state index is 0.0525. The predicted molar refractivity (Wildman–Crippen MR) is 76.0 cm³/mol. The van der Waals surface area contributed by atoms with E-state index in [2.05, 4.69) is 10.3 Å². The average molecular weight is 256 g/mol. The molecule has 3 N–H and O–H groups in total. The maximum Gasteiger partial charge on any atom is 0.239 e. The van der Waals surface area contributed by atoms with E-state index in [-0.39, 0.29) is 5.91 Å². The zero-order valence-electron chi connectivity index (χ0n) is 10.6. The van der Waals surface area contributed by atoms with Crippen molar-refractivity contribution in [2.24, 2.45) is 0 Å². The molecule has 2 aromatic rings. The summed E-state index contributed by atoms with van der Waals surface area (Å²) in [5.41, 5.74) is 7.38. The topological polar surface area (TPSA) is 71.2 Å². The number of pyridine rings is 1. The number of carbonyl (C=O) groups is 1. The van der Waals surface area contributed by atoms with E-state index < -0.39 is 0 Å². The zero-order valence-corrected chi connectivity index (χ0v) is 10.6. The largest absolute Gasteiger partial charge is 0.399 e. The van der Waals surface area contributed by atoms with Gasteiger partial charge >= 0.3 is 0 Å². The van der Waals surface area contributed by atoms with E-state index >= 15 is 0 Å². The predicted octanol–water partition coefficient (Wildman–Crippen LogP) is 1.14. The van der Waals surface area contributed by atoms with Crippen LogP contribution in [0.2, 0.25) is 0 Å². The second kappa shape index (κ2) is 4.76. The van der Waals surface area contributed by atoms with Crippen molar-refractivity contribution in [1.29, 1.82) is 0 Å². The number of nitrogen functional groups attached to an aromatic ring is 1. The molecule has 19 heavy (non-hydrogen) atoms. The number of hydrogen-bond donors (Lipinski definition) is 2. The molecule has 98 valence electrons. The first kappa shape index (κ1) is 11.8. The van der Waals surface area contributed by atoms with Crippen LogP contribution in [0.3, 0.4) is 0 Å². The van der Waals surface area contributed by atoms with Gasteiger partial charge in [0, 0.05) is 24.2 Å². The van der Waals surface area contributed by atoms with Gasteiger partial charge in [-0.2, -0.15) is 0 Å². The van der Waals surface area contributed by atoms with Crippen molar-refractivity contribution in [3.8, 4) is 0 Å². The van der Waals surface area contributed by atoms with E-state index in [0.717, 1.165) is 41.9 Å². The van der Waals surface area contributed by atoms with Gasteiger partial charge in [-0.3, -0.25) is 4.79 Å². The molecular weight excluding hydrogens is 240 g/mol. The Morgan fingerprint density at radius 2 is 2.16 bits per heavy atom. The third-order valence-corrected chi connectivity index (χ3v) is 3.28. The van der Waals surface area contributed by atoms with Gasteiger partial charge in [-0.05, 0) is 36.8 Å². The average Bonchev–Trinajstić information content (AvgIpc) is 2.63. The maximum absolute atomic E-state index is 11.6. The lowest BCUT2D eigenvalue weighted by Gasteiger charge is -2.20. The highest BCUT2D eigenvalue weighted by molar-refractivity contribution is 5.85. The van der Waals surface area contributed by atoms with Crippen LogP contribution in [0.25, 0.3) is 10.9 Å². The maximum atomic E-state index is 11.6. The molecule has 1 aromatic heterocycles. The number of hydrogen-bond acceptors (Lipinski definition) is 4. The number of nitrogens with zero attached hydrogens (tertiary/aromatic N) is 2. The van der Waals surface area contributed by atoms with E-state index in [9.17, 15) is 4.79 Å². The summed E-state index contributed by atoms with van der Waals surface area (Å²) in [6.07, 6.45) is 0.938. The van der Waals surface area contributed by atoms with Gasteiger partial charge in [0.1, 0.15) is 5.82 Å². The Morgan fingerprint density at radius 1 is 1.26 bits per heavy atom. The second-order valence-corrected chi connectivity index (χ2v) is 4.75. The Bertz CT molecular complexity index is 626. The van der Waals surface area contributed by atoms with Crippen LogP contribution in [0, 0.1) is 0 Å². The first-order valence-corrected chi connectivity index (χ1v) is 6.40. The van der Waals surface area contributed by atoms with Crippen LogP contribution in [-0.4, -0.2) is 30.5 Å². The summed E-state index contributed by atoms with van der Waals surface area (Å²) >= 11 is 0. The van der Waals surface area contributed by atoms with Crippen LogP contribution >= 0.6 is 0 Å². The van der Waals surface area contributed by atoms with Crippen LogP contribution in [0.15, 0.2) is 30.3 Å². The molecule has 1 aliphatic heterocycles. The third-order valence-electron chi connectivity index (χ3n) is 3.28. The number of amides is 1. The van der Waals surface area contributed by atoms with Gasteiger partial charge in [0.25, 0.3) is 0 Å². The SMILES string of the molecule is Nc1ccc2nc(N3CCCNC(=O)C3)ccc2c1. The number of nitrogens with two attached hydrogens (primary N) is 1. The normalized spacial score (nSPS) is 16.2. The minimum Gasteiger partial charge on any atom is -0.399 e. The van der Waals surface area contributed by atoms with Gasteiger partial charge in [-0.15, -0.1) is 0 Å². The highest BCUT2D eigenvalue weighted by Crippen LogP contribution is 2.20. The lowest BCUT2D eigenvalue weighted by Crippen LogP contribution is -2.33. The smallest absolute Gasteiger partial charge is 0.239 e. The fraction of sp³-hybridized carbons (Fsp3) is 0.286. The zero-order chi connectivity index (χ0) is 13.2. The van der Waals surface area contributed by atoms with Crippen molar-refractivity contribution in [1.82, 2.24) is 10.3 Å². The molecule has 1 fully saturated rings. The molecule has 1 saturated heterocycles. The molecule has 0 aliphatic carbocycles. The van der Waals surface area contributed by atoms with E-state index in [1.54, 1.807) is 0 Å². The van der Waals surface area contributed by atoms with Crippen LogP contribution in [0.4, 0.5) is 11.5 Å². The van der Waals surface area contributed by atoms with E-state index in [4.69, 9.17) is 5.73 Å². The number of carbonyl (C=O) groups excluding carboxylic acids is 1. The fourth-order valence-corrected chi connectivity index (χ4v) is 2.31.